The minimum atomic E-state index is -0.510. The lowest BCUT2D eigenvalue weighted by Crippen LogP contribution is -2.16. The molecule has 0 saturated heterocycles. The van der Waals surface area contributed by atoms with Crippen LogP contribution in [0.25, 0.3) is 0 Å². The highest BCUT2D eigenvalue weighted by molar-refractivity contribution is 9.10. The van der Waals surface area contributed by atoms with E-state index in [1.165, 1.54) is 0 Å². The van der Waals surface area contributed by atoms with Gasteiger partial charge in [0.05, 0.1) is 22.2 Å². The van der Waals surface area contributed by atoms with E-state index in [-0.39, 0.29) is 6.10 Å². The van der Waals surface area contributed by atoms with E-state index < -0.39 is 5.97 Å². The number of carbonyl (C=O) groups is 1. The number of ether oxygens (including phenoxy) is 3. The number of hydrogen-bond acceptors (Lipinski definition) is 4. The maximum Gasteiger partial charge on any atom is 0.347 e. The second kappa shape index (κ2) is 10.1. The molecule has 0 amide bonds. The van der Waals surface area contributed by atoms with E-state index in [2.05, 4.69) is 22.9 Å². The van der Waals surface area contributed by atoms with E-state index in [4.69, 9.17) is 25.8 Å². The molecule has 1 atom stereocenters. The van der Waals surface area contributed by atoms with Crippen molar-refractivity contribution in [2.45, 2.75) is 39.7 Å². The Labute approximate surface area is 173 Å². The minimum absolute atomic E-state index is 0.265. The Morgan fingerprint density at radius 1 is 1.26 bits per heavy atom. The number of carbonyl (C=O) groups excluding carboxylic acids is 1. The summed E-state index contributed by atoms with van der Waals surface area (Å²) in [6.45, 7) is 6.25. The first-order valence-electron chi connectivity index (χ1n) is 8.86. The molecule has 0 aromatic heterocycles. The third-order valence-corrected chi connectivity index (χ3v) is 5.54. The van der Waals surface area contributed by atoms with Gasteiger partial charge in [0.2, 0.25) is 0 Å². The Hall–Kier alpha value is -1.56. The van der Waals surface area contributed by atoms with Crippen LogP contribution in [0.3, 0.4) is 0 Å². The van der Waals surface area contributed by atoms with Crippen LogP contribution in [0.4, 0.5) is 0 Å². The van der Waals surface area contributed by atoms with Gasteiger partial charge in [0.25, 0.3) is 0 Å². The number of halogens is 2. The number of benzene rings is 2. The van der Waals surface area contributed by atoms with Gasteiger partial charge in [0, 0.05) is 12.7 Å². The first kappa shape index (κ1) is 21.7. The Kier molecular flexibility index (Phi) is 8.14. The van der Waals surface area contributed by atoms with Crippen molar-refractivity contribution in [2.24, 2.45) is 0 Å². The van der Waals surface area contributed by atoms with Crippen molar-refractivity contribution >= 4 is 33.5 Å². The molecule has 0 aliphatic heterocycles. The molecular formula is C21H24BrClO4. The third kappa shape index (κ3) is 5.03. The van der Waals surface area contributed by atoms with Crippen LogP contribution in [0.2, 0.25) is 5.02 Å². The van der Waals surface area contributed by atoms with Crippen LogP contribution in [0, 0.1) is 6.92 Å². The molecule has 0 aliphatic rings. The van der Waals surface area contributed by atoms with Crippen LogP contribution < -0.4 is 9.47 Å². The van der Waals surface area contributed by atoms with Crippen molar-refractivity contribution in [3.63, 3.8) is 0 Å². The van der Waals surface area contributed by atoms with Crippen LogP contribution >= 0.6 is 27.5 Å². The number of hydrogen-bond donors (Lipinski definition) is 0. The Morgan fingerprint density at radius 3 is 2.52 bits per heavy atom. The first-order valence-corrected chi connectivity index (χ1v) is 10.0. The number of methoxy groups -OCH3 is 1. The summed E-state index contributed by atoms with van der Waals surface area (Å²) in [5.74, 6) is 0.387. The quantitative estimate of drug-likeness (QED) is 0.258. The molecule has 0 bridgehead atoms. The predicted octanol–water partition coefficient (Wildman–Crippen LogP) is 6.52. The molecule has 2 aromatic carbocycles. The summed E-state index contributed by atoms with van der Waals surface area (Å²) in [6, 6.07) is 8.92. The Balaban J connectivity index is 2.54. The summed E-state index contributed by atoms with van der Waals surface area (Å²) in [5.41, 5.74) is 1.67. The maximum absolute atomic E-state index is 12.9. The zero-order valence-corrected chi connectivity index (χ0v) is 18.3. The van der Waals surface area contributed by atoms with Crippen LogP contribution in [-0.4, -0.2) is 19.7 Å². The lowest BCUT2D eigenvalue weighted by atomic mass is 10.0. The molecule has 6 heteroatoms. The molecule has 146 valence electrons. The molecule has 0 fully saturated rings. The smallest absolute Gasteiger partial charge is 0.347 e. The van der Waals surface area contributed by atoms with Gasteiger partial charge in [-0.15, -0.1) is 0 Å². The van der Waals surface area contributed by atoms with E-state index in [0.29, 0.717) is 38.7 Å². The van der Waals surface area contributed by atoms with Crippen LogP contribution in [0.5, 0.6) is 11.5 Å². The average Bonchev–Trinajstić information content (AvgIpc) is 2.66. The fraction of sp³-hybridized carbons (Fsp3) is 0.381. The van der Waals surface area contributed by atoms with Gasteiger partial charge in [0.1, 0.15) is 17.1 Å². The summed E-state index contributed by atoms with van der Waals surface area (Å²) < 4.78 is 17.6. The molecule has 0 radical (unpaired) electrons. The summed E-state index contributed by atoms with van der Waals surface area (Å²) in [4.78, 5) is 12.9. The standard InChI is InChI=1S/C21H24BrClO4/c1-5-6-12-26-20-16(21(24)27-15-10-8-7-9-11-15)13(2)19(23)17(18(20)22)14(3)25-4/h7-11,14H,5-6,12H2,1-4H3. The van der Waals surface area contributed by atoms with E-state index in [1.807, 2.05) is 13.0 Å². The van der Waals surface area contributed by atoms with Crippen LogP contribution in [0.1, 0.15) is 54.3 Å². The molecule has 2 aromatic rings. The topological polar surface area (TPSA) is 44.8 Å². The largest absolute Gasteiger partial charge is 0.491 e. The zero-order chi connectivity index (χ0) is 20.0. The third-order valence-electron chi connectivity index (χ3n) is 4.27. The highest BCUT2D eigenvalue weighted by Crippen LogP contribution is 2.44. The van der Waals surface area contributed by atoms with E-state index in [9.17, 15) is 4.79 Å². The highest BCUT2D eigenvalue weighted by Gasteiger charge is 2.28. The number of unbranched alkanes of at least 4 members (excludes halogenated alkanes) is 1. The maximum atomic E-state index is 12.9. The van der Waals surface area contributed by atoms with Crippen molar-refractivity contribution in [3.8, 4) is 11.5 Å². The van der Waals surface area contributed by atoms with Crippen molar-refractivity contribution in [1.29, 1.82) is 0 Å². The summed E-state index contributed by atoms with van der Waals surface area (Å²) in [7, 11) is 1.61. The lowest BCUT2D eigenvalue weighted by molar-refractivity contribution is 0.0728. The summed E-state index contributed by atoms with van der Waals surface area (Å²) in [5, 5.41) is 0.457. The molecule has 27 heavy (non-hydrogen) atoms. The van der Waals surface area contributed by atoms with Gasteiger partial charge in [-0.2, -0.15) is 0 Å². The van der Waals surface area contributed by atoms with Gasteiger partial charge >= 0.3 is 5.97 Å². The summed E-state index contributed by atoms with van der Waals surface area (Å²) in [6.07, 6.45) is 1.59. The normalized spacial score (nSPS) is 11.9. The average molecular weight is 456 g/mol. The van der Waals surface area contributed by atoms with Crippen molar-refractivity contribution < 1.29 is 19.0 Å². The number of esters is 1. The van der Waals surface area contributed by atoms with Crippen molar-refractivity contribution in [1.82, 2.24) is 0 Å². The first-order chi connectivity index (χ1) is 12.9. The summed E-state index contributed by atoms with van der Waals surface area (Å²) >= 11 is 10.2. The molecule has 0 aliphatic carbocycles. The monoisotopic (exact) mass is 454 g/mol. The number of para-hydroxylation sites is 1. The Morgan fingerprint density at radius 2 is 1.93 bits per heavy atom. The molecule has 2 rings (SSSR count). The molecular weight excluding hydrogens is 432 g/mol. The van der Waals surface area contributed by atoms with Crippen molar-refractivity contribution in [3.05, 3.63) is 56.5 Å². The van der Waals surface area contributed by atoms with Gasteiger partial charge in [-0.05, 0) is 53.9 Å². The second-order valence-electron chi connectivity index (χ2n) is 6.15. The molecule has 4 nitrogen and oxygen atoms in total. The molecule has 1 unspecified atom stereocenters. The number of rotatable bonds is 8. The van der Waals surface area contributed by atoms with E-state index >= 15 is 0 Å². The van der Waals surface area contributed by atoms with Gasteiger partial charge < -0.3 is 14.2 Å². The fourth-order valence-corrected chi connectivity index (χ4v) is 3.92. The Bertz CT molecular complexity index is 793. The van der Waals surface area contributed by atoms with Gasteiger partial charge in [-0.25, -0.2) is 4.79 Å². The molecule has 0 spiro atoms. The van der Waals surface area contributed by atoms with E-state index in [0.717, 1.165) is 18.4 Å². The van der Waals surface area contributed by atoms with Gasteiger partial charge in [-0.3, -0.25) is 0 Å². The second-order valence-corrected chi connectivity index (χ2v) is 7.32. The van der Waals surface area contributed by atoms with Crippen LogP contribution in [-0.2, 0) is 4.74 Å². The molecule has 0 N–H and O–H groups in total. The van der Waals surface area contributed by atoms with Crippen molar-refractivity contribution in [2.75, 3.05) is 13.7 Å². The van der Waals surface area contributed by atoms with Crippen LogP contribution in [0.15, 0.2) is 34.8 Å². The van der Waals surface area contributed by atoms with Gasteiger partial charge in [0.15, 0.2) is 0 Å². The fourth-order valence-electron chi connectivity index (χ4n) is 2.63. The van der Waals surface area contributed by atoms with E-state index in [1.54, 1.807) is 38.3 Å². The SMILES string of the molecule is CCCCOc1c(Br)c(C(C)OC)c(Cl)c(C)c1C(=O)Oc1ccccc1. The zero-order valence-electron chi connectivity index (χ0n) is 16.0. The predicted molar refractivity (Wildman–Crippen MR) is 111 cm³/mol. The highest BCUT2D eigenvalue weighted by atomic mass is 79.9. The van der Waals surface area contributed by atoms with Gasteiger partial charge in [-0.1, -0.05) is 43.1 Å². The lowest BCUT2D eigenvalue weighted by Gasteiger charge is -2.22. The molecule has 0 saturated carbocycles. The molecule has 0 heterocycles. The minimum Gasteiger partial charge on any atom is -0.491 e.